The molecule has 0 aliphatic carbocycles. The second kappa shape index (κ2) is 7.02. The van der Waals surface area contributed by atoms with Gasteiger partial charge in [0.25, 0.3) is 0 Å². The molecule has 0 spiro atoms. The van der Waals surface area contributed by atoms with Gasteiger partial charge in [0.2, 0.25) is 0 Å². The van der Waals surface area contributed by atoms with Crippen LogP contribution in [0.5, 0.6) is 0 Å². The molecule has 2 aromatic carbocycles. The molecule has 2 heterocycles. The maximum absolute atomic E-state index is 12.5. The Morgan fingerprint density at radius 1 is 0.750 bits per heavy atom. The van der Waals surface area contributed by atoms with Crippen LogP contribution in [0.1, 0.15) is 11.3 Å². The first-order valence-electron chi connectivity index (χ1n) is 8.39. The Labute approximate surface area is 160 Å². The lowest BCUT2D eigenvalue weighted by Gasteiger charge is -2.06. The summed E-state index contributed by atoms with van der Waals surface area (Å²) in [7, 11) is -7.34. The highest BCUT2D eigenvalue weighted by atomic mass is 32.2. The topological polar surface area (TPSA) is 120 Å². The molecule has 0 fully saturated rings. The van der Waals surface area contributed by atoms with E-state index in [1.165, 1.54) is 6.20 Å². The molecule has 28 heavy (non-hydrogen) atoms. The minimum absolute atomic E-state index is 0.280. The van der Waals surface area contributed by atoms with Gasteiger partial charge in [-0.05, 0) is 23.8 Å². The number of hydrogen-bond acceptors (Lipinski definition) is 8. The van der Waals surface area contributed by atoms with Crippen LogP contribution < -0.4 is 0 Å². The summed E-state index contributed by atoms with van der Waals surface area (Å²) in [6.07, 6.45) is 1.45. The third kappa shape index (κ3) is 3.92. The molecule has 0 saturated carbocycles. The van der Waals surface area contributed by atoms with Gasteiger partial charge in [-0.1, -0.05) is 34.6 Å². The SMILES string of the molecule is O=S(=O)(CCS(=O)(=O)Cc1noc2ccccc12)Cc1cccc2oncc12. The van der Waals surface area contributed by atoms with Crippen LogP contribution in [0.15, 0.2) is 57.7 Å². The molecule has 0 N–H and O–H groups in total. The monoisotopic (exact) mass is 420 g/mol. The summed E-state index contributed by atoms with van der Waals surface area (Å²) >= 11 is 0. The number of fused-ring (bicyclic) bond motifs is 2. The number of benzene rings is 2. The Morgan fingerprint density at radius 3 is 2.25 bits per heavy atom. The molecular weight excluding hydrogens is 404 g/mol. The molecule has 0 radical (unpaired) electrons. The van der Waals surface area contributed by atoms with Crippen molar-refractivity contribution in [2.24, 2.45) is 0 Å². The fourth-order valence-electron chi connectivity index (χ4n) is 2.96. The van der Waals surface area contributed by atoms with Gasteiger partial charge in [0, 0.05) is 10.8 Å². The van der Waals surface area contributed by atoms with Crippen LogP contribution in [-0.4, -0.2) is 38.7 Å². The standard InChI is InChI=1S/C18H16N2O6S2/c21-27(22,11-13-4-3-7-18-15(13)10-19-25-18)8-9-28(23,24)12-16-14-5-1-2-6-17(14)26-20-16/h1-7,10H,8-9,11-12H2. The van der Waals surface area contributed by atoms with E-state index in [0.29, 0.717) is 27.5 Å². The third-order valence-corrected chi connectivity index (χ3v) is 7.75. The highest BCUT2D eigenvalue weighted by Gasteiger charge is 2.22. The van der Waals surface area contributed by atoms with E-state index in [1.807, 2.05) is 0 Å². The minimum Gasteiger partial charge on any atom is -0.356 e. The van der Waals surface area contributed by atoms with Crippen LogP contribution >= 0.6 is 0 Å². The number of para-hydroxylation sites is 1. The van der Waals surface area contributed by atoms with Gasteiger partial charge >= 0.3 is 0 Å². The summed E-state index contributed by atoms with van der Waals surface area (Å²) in [4.78, 5) is 0. The van der Waals surface area contributed by atoms with Crippen LogP contribution in [0.3, 0.4) is 0 Å². The molecule has 0 bridgehead atoms. The average Bonchev–Trinajstić information content (AvgIpc) is 3.28. The molecule has 0 aliphatic rings. The Morgan fingerprint density at radius 2 is 1.43 bits per heavy atom. The van der Waals surface area contributed by atoms with Gasteiger partial charge in [0.15, 0.2) is 30.8 Å². The zero-order valence-corrected chi connectivity index (χ0v) is 16.2. The molecule has 4 rings (SSSR count). The molecular formula is C18H16N2O6S2. The van der Waals surface area contributed by atoms with Crippen molar-refractivity contribution in [1.82, 2.24) is 10.3 Å². The van der Waals surface area contributed by atoms with Gasteiger partial charge in [0.1, 0.15) is 5.69 Å². The summed E-state index contributed by atoms with van der Waals surface area (Å²) < 4.78 is 60.0. The molecule has 0 aliphatic heterocycles. The Hall–Kier alpha value is -2.72. The summed E-state index contributed by atoms with van der Waals surface area (Å²) in [5.74, 6) is -1.63. The van der Waals surface area contributed by atoms with E-state index in [9.17, 15) is 16.8 Å². The van der Waals surface area contributed by atoms with Crippen LogP contribution in [0.2, 0.25) is 0 Å². The van der Waals surface area contributed by atoms with Crippen molar-refractivity contribution in [2.45, 2.75) is 11.5 Å². The second-order valence-corrected chi connectivity index (χ2v) is 10.8. The highest BCUT2D eigenvalue weighted by molar-refractivity contribution is 7.94. The van der Waals surface area contributed by atoms with Gasteiger partial charge in [-0.25, -0.2) is 16.8 Å². The molecule has 4 aromatic rings. The normalized spacial score (nSPS) is 12.7. The Bertz CT molecular complexity index is 1350. The average molecular weight is 420 g/mol. The molecule has 0 saturated heterocycles. The Balaban J connectivity index is 1.47. The maximum atomic E-state index is 12.5. The largest absolute Gasteiger partial charge is 0.356 e. The highest BCUT2D eigenvalue weighted by Crippen LogP contribution is 2.22. The summed E-state index contributed by atoms with van der Waals surface area (Å²) in [5.41, 5.74) is 1.78. The summed E-state index contributed by atoms with van der Waals surface area (Å²) in [5, 5.41) is 8.67. The lowest BCUT2D eigenvalue weighted by Crippen LogP contribution is -2.20. The number of sulfone groups is 2. The predicted octanol–water partition coefficient (Wildman–Crippen LogP) is 2.50. The lowest BCUT2D eigenvalue weighted by molar-refractivity contribution is 0.448. The first-order valence-corrected chi connectivity index (χ1v) is 12.0. The summed E-state index contributed by atoms with van der Waals surface area (Å²) in [6.45, 7) is 0. The van der Waals surface area contributed by atoms with Crippen LogP contribution in [-0.2, 0) is 31.2 Å². The maximum Gasteiger partial charge on any atom is 0.167 e. The van der Waals surface area contributed by atoms with Gasteiger partial charge in [-0.3, -0.25) is 0 Å². The van der Waals surface area contributed by atoms with E-state index in [0.717, 1.165) is 0 Å². The van der Waals surface area contributed by atoms with Crippen molar-refractivity contribution in [1.29, 1.82) is 0 Å². The van der Waals surface area contributed by atoms with Crippen molar-refractivity contribution < 1.29 is 25.9 Å². The van der Waals surface area contributed by atoms with Gasteiger partial charge < -0.3 is 9.05 Å². The minimum atomic E-state index is -3.69. The van der Waals surface area contributed by atoms with E-state index in [4.69, 9.17) is 9.05 Å². The molecule has 8 nitrogen and oxygen atoms in total. The van der Waals surface area contributed by atoms with E-state index in [-0.39, 0.29) is 17.2 Å². The van der Waals surface area contributed by atoms with Crippen LogP contribution in [0, 0.1) is 0 Å². The van der Waals surface area contributed by atoms with Gasteiger partial charge in [-0.15, -0.1) is 0 Å². The first-order chi connectivity index (χ1) is 13.3. The number of nitrogens with zero attached hydrogens (tertiary/aromatic N) is 2. The van der Waals surface area contributed by atoms with Crippen molar-refractivity contribution >= 4 is 41.6 Å². The zero-order chi connectivity index (χ0) is 19.8. The first kappa shape index (κ1) is 18.6. The number of aromatic nitrogens is 2. The fraction of sp³-hybridized carbons (Fsp3) is 0.222. The summed E-state index contributed by atoms with van der Waals surface area (Å²) in [6, 6.07) is 11.9. The predicted molar refractivity (Wildman–Crippen MR) is 103 cm³/mol. The van der Waals surface area contributed by atoms with E-state index >= 15 is 0 Å². The van der Waals surface area contributed by atoms with E-state index in [2.05, 4.69) is 10.3 Å². The van der Waals surface area contributed by atoms with Gasteiger partial charge in [0.05, 0.1) is 29.2 Å². The molecule has 2 aromatic heterocycles. The van der Waals surface area contributed by atoms with Crippen molar-refractivity contribution in [3.63, 3.8) is 0 Å². The molecule has 0 amide bonds. The zero-order valence-electron chi connectivity index (χ0n) is 14.6. The molecule has 146 valence electrons. The number of rotatable bonds is 7. The molecule has 10 heteroatoms. The van der Waals surface area contributed by atoms with Crippen molar-refractivity contribution in [2.75, 3.05) is 11.5 Å². The van der Waals surface area contributed by atoms with Gasteiger partial charge in [-0.2, -0.15) is 0 Å². The van der Waals surface area contributed by atoms with E-state index < -0.39 is 31.2 Å². The third-order valence-electron chi connectivity index (χ3n) is 4.38. The quantitative estimate of drug-likeness (QED) is 0.447. The van der Waals surface area contributed by atoms with Crippen LogP contribution in [0.25, 0.3) is 21.9 Å². The van der Waals surface area contributed by atoms with Crippen LogP contribution in [0.4, 0.5) is 0 Å². The fourth-order valence-corrected chi connectivity index (χ4v) is 6.63. The van der Waals surface area contributed by atoms with Crippen molar-refractivity contribution in [3.8, 4) is 0 Å². The van der Waals surface area contributed by atoms with E-state index in [1.54, 1.807) is 42.5 Å². The lowest BCUT2D eigenvalue weighted by atomic mass is 10.2. The molecule has 0 atom stereocenters. The van der Waals surface area contributed by atoms with Crippen molar-refractivity contribution in [3.05, 3.63) is 59.9 Å². The second-order valence-electron chi connectivity index (χ2n) is 6.46. The molecule has 0 unspecified atom stereocenters. The smallest absolute Gasteiger partial charge is 0.167 e. The Kier molecular flexibility index (Phi) is 4.68. The number of hydrogen-bond donors (Lipinski definition) is 0.